The van der Waals surface area contributed by atoms with Gasteiger partial charge in [0.1, 0.15) is 5.82 Å². The largest absolute Gasteiger partial charge is 0.332 e. The lowest BCUT2D eigenvalue weighted by atomic mass is 9.96. The number of hydrogen-bond donors (Lipinski definition) is 0. The lowest BCUT2D eigenvalue weighted by Crippen LogP contribution is -2.35. The molecule has 0 amide bonds. The van der Waals surface area contributed by atoms with E-state index < -0.39 is 0 Å². The van der Waals surface area contributed by atoms with Gasteiger partial charge in [0.2, 0.25) is 0 Å². The third-order valence-corrected chi connectivity index (χ3v) is 4.61. The van der Waals surface area contributed by atoms with E-state index in [-0.39, 0.29) is 0 Å². The van der Waals surface area contributed by atoms with Crippen LogP contribution in [0, 0.1) is 11.3 Å². The van der Waals surface area contributed by atoms with E-state index in [4.69, 9.17) is 5.26 Å². The van der Waals surface area contributed by atoms with Crippen molar-refractivity contribution in [1.29, 1.82) is 5.26 Å². The molecule has 0 N–H and O–H groups in total. The van der Waals surface area contributed by atoms with E-state index in [1.165, 1.54) is 24.2 Å². The predicted octanol–water partition coefficient (Wildman–Crippen LogP) is 3.72. The molecule has 3 rings (SSSR count). The Labute approximate surface area is 138 Å². The Morgan fingerprint density at radius 2 is 2.09 bits per heavy atom. The van der Waals surface area contributed by atoms with Crippen molar-refractivity contribution in [3.8, 4) is 6.07 Å². The molecule has 1 aromatic heterocycles. The Balaban J connectivity index is 1.68. The van der Waals surface area contributed by atoms with Crippen LogP contribution in [0.25, 0.3) is 0 Å². The second-order valence-corrected chi connectivity index (χ2v) is 6.67. The molecule has 1 aliphatic rings. The predicted molar refractivity (Wildman–Crippen MR) is 91.0 cm³/mol. The number of benzene rings is 1. The fourth-order valence-corrected chi connectivity index (χ4v) is 3.43. The van der Waals surface area contributed by atoms with Crippen LogP contribution in [0.1, 0.15) is 55.6 Å². The molecular weight excluding hydrogens is 284 g/mol. The van der Waals surface area contributed by atoms with E-state index >= 15 is 0 Å². The van der Waals surface area contributed by atoms with Crippen molar-refractivity contribution in [3.63, 3.8) is 0 Å². The lowest BCUT2D eigenvalue weighted by Gasteiger charge is -2.33. The summed E-state index contributed by atoms with van der Waals surface area (Å²) in [4.78, 5) is 7.13. The highest BCUT2D eigenvalue weighted by atomic mass is 15.2. The van der Waals surface area contributed by atoms with Gasteiger partial charge in [0.15, 0.2) is 0 Å². The molecule has 0 spiro atoms. The van der Waals surface area contributed by atoms with Gasteiger partial charge in [0.25, 0.3) is 0 Å². The van der Waals surface area contributed by atoms with Crippen LogP contribution in [0.4, 0.5) is 0 Å². The summed E-state index contributed by atoms with van der Waals surface area (Å²) in [5.74, 6) is 1.74. The fourth-order valence-electron chi connectivity index (χ4n) is 3.43. The minimum atomic E-state index is 0.460. The van der Waals surface area contributed by atoms with Gasteiger partial charge in [0.05, 0.1) is 11.6 Å². The molecule has 1 saturated heterocycles. The number of piperidine rings is 1. The number of hydrogen-bond acceptors (Lipinski definition) is 3. The second kappa shape index (κ2) is 6.97. The average Bonchev–Trinajstić information content (AvgIpc) is 3.06. The van der Waals surface area contributed by atoms with Crippen LogP contribution in [0.2, 0.25) is 0 Å². The van der Waals surface area contributed by atoms with Crippen molar-refractivity contribution in [2.75, 3.05) is 13.1 Å². The number of imidazole rings is 1. The van der Waals surface area contributed by atoms with Crippen LogP contribution in [0.5, 0.6) is 0 Å². The number of rotatable bonds is 4. The number of aromatic nitrogens is 2. The van der Waals surface area contributed by atoms with Gasteiger partial charge in [-0.3, -0.25) is 4.90 Å². The monoisotopic (exact) mass is 308 g/mol. The Hall–Kier alpha value is -2.12. The summed E-state index contributed by atoms with van der Waals surface area (Å²) in [5.41, 5.74) is 2.00. The molecule has 1 atom stereocenters. The molecule has 120 valence electrons. The molecule has 1 fully saturated rings. The molecule has 0 saturated carbocycles. The average molecular weight is 308 g/mol. The smallest absolute Gasteiger partial charge is 0.113 e. The van der Waals surface area contributed by atoms with Crippen LogP contribution < -0.4 is 0 Å². The second-order valence-electron chi connectivity index (χ2n) is 6.67. The van der Waals surface area contributed by atoms with Gasteiger partial charge in [-0.15, -0.1) is 0 Å². The van der Waals surface area contributed by atoms with Crippen molar-refractivity contribution < 1.29 is 0 Å². The van der Waals surface area contributed by atoms with E-state index in [2.05, 4.69) is 52.7 Å². The van der Waals surface area contributed by atoms with E-state index in [1.807, 2.05) is 18.3 Å². The summed E-state index contributed by atoms with van der Waals surface area (Å²) < 4.78 is 2.30. The Kier molecular flexibility index (Phi) is 4.78. The van der Waals surface area contributed by atoms with Crippen molar-refractivity contribution >= 4 is 0 Å². The van der Waals surface area contributed by atoms with E-state index in [0.29, 0.717) is 12.0 Å². The summed E-state index contributed by atoms with van der Waals surface area (Å²) in [6.07, 6.45) is 6.45. The van der Waals surface area contributed by atoms with Crippen molar-refractivity contribution in [2.24, 2.45) is 0 Å². The van der Waals surface area contributed by atoms with Gasteiger partial charge in [0, 0.05) is 37.4 Å². The molecule has 2 aromatic rings. The van der Waals surface area contributed by atoms with E-state index in [9.17, 15) is 0 Å². The molecule has 2 heterocycles. The molecule has 0 radical (unpaired) electrons. The number of nitriles is 1. The van der Waals surface area contributed by atoms with Crippen LogP contribution in [0.15, 0.2) is 36.7 Å². The third kappa shape index (κ3) is 3.62. The van der Waals surface area contributed by atoms with Crippen LogP contribution in [-0.2, 0) is 6.54 Å². The van der Waals surface area contributed by atoms with Gasteiger partial charge in [-0.2, -0.15) is 5.26 Å². The number of nitrogens with zero attached hydrogens (tertiary/aromatic N) is 4. The highest BCUT2D eigenvalue weighted by molar-refractivity contribution is 5.31. The standard InChI is InChI=1S/C19H24N4/c1-15(2)23-11-9-21-19(23)18-4-3-10-22(14-18)13-17-7-5-16(12-20)6-8-17/h5-9,11,15,18H,3-4,10,13-14H2,1-2H3. The van der Waals surface area contributed by atoms with Crippen LogP contribution in [-0.4, -0.2) is 27.5 Å². The fraction of sp³-hybridized carbons (Fsp3) is 0.474. The summed E-state index contributed by atoms with van der Waals surface area (Å²) in [6, 6.07) is 10.6. The van der Waals surface area contributed by atoms with Crippen molar-refractivity contribution in [1.82, 2.24) is 14.5 Å². The zero-order valence-electron chi connectivity index (χ0n) is 13.9. The number of likely N-dealkylation sites (tertiary alicyclic amines) is 1. The maximum absolute atomic E-state index is 8.89. The normalized spacial score (nSPS) is 19.0. The summed E-state index contributed by atoms with van der Waals surface area (Å²) >= 11 is 0. The summed E-state index contributed by atoms with van der Waals surface area (Å²) in [7, 11) is 0. The quantitative estimate of drug-likeness (QED) is 0.865. The highest BCUT2D eigenvalue weighted by Crippen LogP contribution is 2.28. The minimum Gasteiger partial charge on any atom is -0.332 e. The SMILES string of the molecule is CC(C)n1ccnc1C1CCCN(Cc2ccc(C#N)cc2)C1. The molecule has 4 nitrogen and oxygen atoms in total. The van der Waals surface area contributed by atoms with Gasteiger partial charge < -0.3 is 4.57 Å². The topological polar surface area (TPSA) is 44.9 Å². The van der Waals surface area contributed by atoms with E-state index in [1.54, 1.807) is 0 Å². The minimum absolute atomic E-state index is 0.460. The molecular formula is C19H24N4. The Morgan fingerprint density at radius 1 is 1.30 bits per heavy atom. The highest BCUT2D eigenvalue weighted by Gasteiger charge is 2.25. The van der Waals surface area contributed by atoms with Gasteiger partial charge >= 0.3 is 0 Å². The van der Waals surface area contributed by atoms with Crippen molar-refractivity contribution in [2.45, 2.75) is 45.2 Å². The van der Waals surface area contributed by atoms with Gasteiger partial charge in [-0.25, -0.2) is 4.98 Å². The van der Waals surface area contributed by atoms with E-state index in [0.717, 1.165) is 25.2 Å². The first-order valence-corrected chi connectivity index (χ1v) is 8.41. The lowest BCUT2D eigenvalue weighted by molar-refractivity contribution is 0.194. The molecule has 1 aromatic carbocycles. The van der Waals surface area contributed by atoms with Gasteiger partial charge in [-0.1, -0.05) is 12.1 Å². The zero-order chi connectivity index (χ0) is 16.2. The van der Waals surface area contributed by atoms with Gasteiger partial charge in [-0.05, 0) is 50.9 Å². The summed E-state index contributed by atoms with van der Waals surface area (Å²) in [5, 5.41) is 8.89. The first kappa shape index (κ1) is 15.8. The molecule has 1 aliphatic heterocycles. The Morgan fingerprint density at radius 3 is 2.78 bits per heavy atom. The molecule has 0 aliphatic carbocycles. The van der Waals surface area contributed by atoms with Crippen molar-refractivity contribution in [3.05, 3.63) is 53.6 Å². The zero-order valence-corrected chi connectivity index (χ0v) is 13.9. The molecule has 4 heteroatoms. The maximum Gasteiger partial charge on any atom is 0.113 e. The molecule has 0 bridgehead atoms. The molecule has 1 unspecified atom stereocenters. The van der Waals surface area contributed by atoms with Crippen LogP contribution in [0.3, 0.4) is 0 Å². The van der Waals surface area contributed by atoms with Crippen LogP contribution >= 0.6 is 0 Å². The summed E-state index contributed by atoms with van der Waals surface area (Å²) in [6.45, 7) is 7.57. The maximum atomic E-state index is 8.89. The molecule has 23 heavy (non-hydrogen) atoms. The first-order valence-electron chi connectivity index (χ1n) is 8.41. The first-order chi connectivity index (χ1) is 11.2. The third-order valence-electron chi connectivity index (χ3n) is 4.61. The Bertz CT molecular complexity index is 678.